The second kappa shape index (κ2) is 6.33. The third-order valence-corrected chi connectivity index (χ3v) is 5.29. The van der Waals surface area contributed by atoms with Crippen LogP contribution in [0, 0.1) is 0 Å². The lowest BCUT2D eigenvalue weighted by molar-refractivity contribution is -0.116. The Morgan fingerprint density at radius 2 is 1.96 bits per heavy atom. The number of fused-ring (bicyclic) bond motifs is 1. The van der Waals surface area contributed by atoms with Gasteiger partial charge in [-0.15, -0.1) is 0 Å². The van der Waals surface area contributed by atoms with Crippen LogP contribution in [0.25, 0.3) is 0 Å². The predicted molar refractivity (Wildman–Crippen MR) is 92.2 cm³/mol. The molecule has 1 aliphatic heterocycles. The zero-order valence-corrected chi connectivity index (χ0v) is 14.4. The molecule has 0 saturated carbocycles. The minimum atomic E-state index is -3.81. The van der Waals surface area contributed by atoms with Gasteiger partial charge in [-0.05, 0) is 48.4 Å². The fraction of sp³-hybridized carbons (Fsp3) is 0.188. The van der Waals surface area contributed by atoms with Crippen LogP contribution in [0.15, 0.2) is 41.3 Å². The number of rotatable bonds is 4. The molecule has 1 heterocycles. The molecular formula is C16H15ClN2O4S. The van der Waals surface area contributed by atoms with Gasteiger partial charge < -0.3 is 10.1 Å². The van der Waals surface area contributed by atoms with Crippen LogP contribution in [0.5, 0.6) is 5.75 Å². The second-order valence-corrected chi connectivity index (χ2v) is 7.44. The number of methoxy groups -OCH3 is 1. The molecule has 0 aromatic heterocycles. The monoisotopic (exact) mass is 366 g/mol. The van der Waals surface area contributed by atoms with E-state index >= 15 is 0 Å². The minimum absolute atomic E-state index is 0.0695. The first kappa shape index (κ1) is 16.6. The van der Waals surface area contributed by atoms with E-state index in [1.165, 1.54) is 19.2 Å². The lowest BCUT2D eigenvalue weighted by Gasteiger charge is -2.18. The van der Waals surface area contributed by atoms with Crippen LogP contribution < -0.4 is 14.8 Å². The number of hydrogen-bond acceptors (Lipinski definition) is 4. The summed E-state index contributed by atoms with van der Waals surface area (Å²) in [5, 5.41) is 3.11. The van der Waals surface area contributed by atoms with Crippen molar-refractivity contribution in [3.8, 4) is 5.75 Å². The molecule has 8 heteroatoms. The summed E-state index contributed by atoms with van der Waals surface area (Å²) in [5.41, 5.74) is 1.69. The molecule has 126 valence electrons. The van der Waals surface area contributed by atoms with E-state index in [-0.39, 0.29) is 16.5 Å². The highest BCUT2D eigenvalue weighted by Crippen LogP contribution is 2.31. The molecule has 2 aromatic rings. The van der Waals surface area contributed by atoms with Gasteiger partial charge in [0.2, 0.25) is 5.91 Å². The van der Waals surface area contributed by atoms with E-state index in [0.29, 0.717) is 29.3 Å². The van der Waals surface area contributed by atoms with Crippen molar-refractivity contribution in [2.45, 2.75) is 17.7 Å². The summed E-state index contributed by atoms with van der Waals surface area (Å²) in [6.07, 6.45) is 0.844. The van der Waals surface area contributed by atoms with Gasteiger partial charge in [-0.3, -0.25) is 9.52 Å². The van der Waals surface area contributed by atoms with Crippen molar-refractivity contribution in [3.63, 3.8) is 0 Å². The van der Waals surface area contributed by atoms with E-state index in [2.05, 4.69) is 10.0 Å². The summed E-state index contributed by atoms with van der Waals surface area (Å²) in [6.45, 7) is 0. The van der Waals surface area contributed by atoms with Gasteiger partial charge in [0.05, 0.1) is 17.7 Å². The molecule has 0 fully saturated rings. The second-order valence-electron chi connectivity index (χ2n) is 5.32. The number of hydrogen-bond donors (Lipinski definition) is 2. The van der Waals surface area contributed by atoms with E-state index in [4.69, 9.17) is 16.3 Å². The summed E-state index contributed by atoms with van der Waals surface area (Å²) in [4.78, 5) is 11.5. The molecule has 0 unspecified atom stereocenters. The predicted octanol–water partition coefficient (Wildman–Crippen LogP) is 3.03. The van der Waals surface area contributed by atoms with Crippen LogP contribution in [-0.4, -0.2) is 21.4 Å². The van der Waals surface area contributed by atoms with Gasteiger partial charge in [0.25, 0.3) is 10.0 Å². The third-order valence-electron chi connectivity index (χ3n) is 3.69. The van der Waals surface area contributed by atoms with E-state index in [0.717, 1.165) is 5.56 Å². The molecule has 0 spiro atoms. The topological polar surface area (TPSA) is 84.5 Å². The Labute approximate surface area is 144 Å². The van der Waals surface area contributed by atoms with Crippen LogP contribution in [0.3, 0.4) is 0 Å². The number of anilines is 2. The number of aryl methyl sites for hydroxylation is 1. The van der Waals surface area contributed by atoms with Gasteiger partial charge in [-0.2, -0.15) is 0 Å². The summed E-state index contributed by atoms with van der Waals surface area (Å²) in [6, 6.07) is 9.28. The molecule has 1 aliphatic rings. The average molecular weight is 367 g/mol. The number of halogens is 1. The Bertz CT molecular complexity index is 912. The molecule has 0 saturated heterocycles. The van der Waals surface area contributed by atoms with E-state index in [1.807, 2.05) is 0 Å². The van der Waals surface area contributed by atoms with Crippen molar-refractivity contribution in [1.29, 1.82) is 0 Å². The average Bonchev–Trinajstić information content (AvgIpc) is 2.54. The third kappa shape index (κ3) is 3.32. The molecule has 0 radical (unpaired) electrons. The van der Waals surface area contributed by atoms with Crippen molar-refractivity contribution in [1.82, 2.24) is 0 Å². The highest BCUT2D eigenvalue weighted by atomic mass is 35.5. The molecular weight excluding hydrogens is 352 g/mol. The first-order valence-corrected chi connectivity index (χ1v) is 9.04. The Hall–Kier alpha value is -2.25. The minimum Gasteiger partial charge on any atom is -0.495 e. The summed E-state index contributed by atoms with van der Waals surface area (Å²) >= 11 is 5.93. The molecule has 2 aromatic carbocycles. The maximum absolute atomic E-state index is 12.6. The maximum atomic E-state index is 12.6. The SMILES string of the molecule is COc1ccc(Cl)cc1NS(=O)(=O)c1ccc2c(c1)CCC(=O)N2. The van der Waals surface area contributed by atoms with Crippen molar-refractivity contribution < 1.29 is 17.9 Å². The Kier molecular flexibility index (Phi) is 4.38. The summed E-state index contributed by atoms with van der Waals surface area (Å²) in [5.74, 6) is 0.299. The van der Waals surface area contributed by atoms with Crippen molar-refractivity contribution in [3.05, 3.63) is 47.0 Å². The Morgan fingerprint density at radius 3 is 2.71 bits per heavy atom. The van der Waals surface area contributed by atoms with Crippen LogP contribution in [-0.2, 0) is 21.2 Å². The molecule has 2 N–H and O–H groups in total. The number of carbonyl (C=O) groups excluding carboxylic acids is 1. The fourth-order valence-electron chi connectivity index (χ4n) is 2.49. The largest absolute Gasteiger partial charge is 0.495 e. The first-order chi connectivity index (χ1) is 11.4. The quantitative estimate of drug-likeness (QED) is 0.871. The molecule has 0 bridgehead atoms. The fourth-order valence-corrected chi connectivity index (χ4v) is 3.77. The molecule has 1 amide bonds. The van der Waals surface area contributed by atoms with E-state index in [9.17, 15) is 13.2 Å². The van der Waals surface area contributed by atoms with Crippen LogP contribution in [0.2, 0.25) is 5.02 Å². The van der Waals surface area contributed by atoms with Crippen LogP contribution in [0.4, 0.5) is 11.4 Å². The molecule has 24 heavy (non-hydrogen) atoms. The molecule has 6 nitrogen and oxygen atoms in total. The van der Waals surface area contributed by atoms with Gasteiger partial charge in [0, 0.05) is 17.1 Å². The normalized spacial score (nSPS) is 13.8. The Balaban J connectivity index is 1.94. The lowest BCUT2D eigenvalue weighted by Crippen LogP contribution is -2.20. The summed E-state index contributed by atoms with van der Waals surface area (Å²) in [7, 11) is -2.36. The number of benzene rings is 2. The maximum Gasteiger partial charge on any atom is 0.262 e. The number of nitrogens with one attached hydrogen (secondary N) is 2. The van der Waals surface area contributed by atoms with Crippen molar-refractivity contribution in [2.24, 2.45) is 0 Å². The zero-order valence-electron chi connectivity index (χ0n) is 12.8. The number of carbonyl (C=O) groups is 1. The highest BCUT2D eigenvalue weighted by molar-refractivity contribution is 7.92. The van der Waals surface area contributed by atoms with Gasteiger partial charge in [-0.1, -0.05) is 11.6 Å². The zero-order chi connectivity index (χ0) is 17.3. The number of amides is 1. The van der Waals surface area contributed by atoms with Crippen molar-refractivity contribution >= 4 is 38.9 Å². The van der Waals surface area contributed by atoms with E-state index in [1.54, 1.807) is 24.3 Å². The molecule has 0 aliphatic carbocycles. The van der Waals surface area contributed by atoms with Gasteiger partial charge >= 0.3 is 0 Å². The first-order valence-electron chi connectivity index (χ1n) is 7.18. The van der Waals surface area contributed by atoms with Crippen molar-refractivity contribution in [2.75, 3.05) is 17.1 Å². The molecule has 0 atom stereocenters. The van der Waals surface area contributed by atoms with Crippen LogP contribution in [0.1, 0.15) is 12.0 Å². The van der Waals surface area contributed by atoms with Gasteiger partial charge in [0.15, 0.2) is 0 Å². The standard InChI is InChI=1S/C16H15ClN2O4S/c1-23-15-6-3-11(17)9-14(15)19-24(21,22)12-4-5-13-10(8-12)2-7-16(20)18-13/h3-6,8-9,19H,2,7H2,1H3,(H,18,20). The smallest absolute Gasteiger partial charge is 0.262 e. The van der Waals surface area contributed by atoms with Gasteiger partial charge in [-0.25, -0.2) is 8.42 Å². The van der Waals surface area contributed by atoms with Gasteiger partial charge in [0.1, 0.15) is 5.75 Å². The Morgan fingerprint density at radius 1 is 1.17 bits per heavy atom. The molecule has 3 rings (SSSR count). The summed E-state index contributed by atoms with van der Waals surface area (Å²) < 4.78 is 32.9. The number of ether oxygens (including phenoxy) is 1. The highest BCUT2D eigenvalue weighted by Gasteiger charge is 2.21. The van der Waals surface area contributed by atoms with Crippen LogP contribution >= 0.6 is 11.6 Å². The number of sulfonamides is 1. The van der Waals surface area contributed by atoms with E-state index < -0.39 is 10.0 Å². The lowest BCUT2D eigenvalue weighted by atomic mass is 10.0.